The molecule has 6 heteroatoms. The van der Waals surface area contributed by atoms with E-state index < -0.39 is 0 Å². The third-order valence-corrected chi connectivity index (χ3v) is 4.90. The molecule has 1 N–H and O–H groups in total. The van der Waals surface area contributed by atoms with Crippen LogP contribution in [-0.2, 0) is 23.1 Å². The first-order valence-electron chi connectivity index (χ1n) is 7.24. The number of nitrogens with zero attached hydrogens (tertiary/aromatic N) is 2. The Morgan fingerprint density at radius 2 is 2.25 bits per heavy atom. The molecular formula is C14H22ClN3O2. The minimum absolute atomic E-state index is 0.0453. The normalized spacial score (nSPS) is 25.4. The molecule has 1 aromatic rings. The van der Waals surface area contributed by atoms with E-state index in [0.717, 1.165) is 43.6 Å². The molecule has 1 atom stereocenters. The molecule has 20 heavy (non-hydrogen) atoms. The van der Waals surface area contributed by atoms with Crippen molar-refractivity contribution in [3.63, 3.8) is 0 Å². The van der Waals surface area contributed by atoms with Gasteiger partial charge in [-0.25, -0.2) is 0 Å². The molecule has 2 saturated heterocycles. The number of hydrogen-bond donors (Lipinski definition) is 1. The largest absolute Gasteiger partial charge is 0.372 e. The molecule has 1 unspecified atom stereocenters. The predicted octanol–water partition coefficient (Wildman–Crippen LogP) is 1.81. The van der Waals surface area contributed by atoms with Crippen LogP contribution in [0.1, 0.15) is 30.5 Å². The van der Waals surface area contributed by atoms with Crippen LogP contribution in [0.2, 0.25) is 5.15 Å². The van der Waals surface area contributed by atoms with Gasteiger partial charge < -0.3 is 14.8 Å². The van der Waals surface area contributed by atoms with Gasteiger partial charge in [0.05, 0.1) is 30.6 Å². The smallest absolute Gasteiger partial charge is 0.132 e. The Morgan fingerprint density at radius 1 is 1.50 bits per heavy atom. The summed E-state index contributed by atoms with van der Waals surface area (Å²) in [7, 11) is 1.85. The number of aromatic nitrogens is 2. The zero-order valence-electron chi connectivity index (χ0n) is 12.1. The number of rotatable bonds is 3. The molecule has 3 rings (SSSR count). The molecular weight excluding hydrogens is 278 g/mol. The van der Waals surface area contributed by atoms with E-state index in [2.05, 4.69) is 10.4 Å². The van der Waals surface area contributed by atoms with Crippen LogP contribution in [0, 0.1) is 6.92 Å². The van der Waals surface area contributed by atoms with Gasteiger partial charge in [0.25, 0.3) is 0 Å². The molecule has 1 aromatic heterocycles. The standard InChI is InChI=1S/C14H22ClN3O2/c1-10-12(13(15)18(2)17-10)9-19-11-7-14(20-8-11)3-5-16-6-4-14/h11,16H,3-9H2,1-2H3. The van der Waals surface area contributed by atoms with Crippen LogP contribution in [0.3, 0.4) is 0 Å². The molecule has 1 spiro atoms. The number of nitrogens with one attached hydrogen (secondary N) is 1. The molecule has 0 aromatic carbocycles. The Morgan fingerprint density at radius 3 is 2.90 bits per heavy atom. The van der Waals surface area contributed by atoms with Crippen molar-refractivity contribution in [3.05, 3.63) is 16.4 Å². The van der Waals surface area contributed by atoms with Crippen molar-refractivity contribution >= 4 is 11.6 Å². The average molecular weight is 300 g/mol. The predicted molar refractivity (Wildman–Crippen MR) is 76.9 cm³/mol. The molecule has 112 valence electrons. The summed E-state index contributed by atoms with van der Waals surface area (Å²) in [5, 5.41) is 8.35. The number of aryl methyl sites for hydroxylation is 2. The maximum Gasteiger partial charge on any atom is 0.132 e. The van der Waals surface area contributed by atoms with Gasteiger partial charge in [0, 0.05) is 19.0 Å². The molecule has 0 radical (unpaired) electrons. The fourth-order valence-electron chi connectivity index (χ4n) is 3.18. The fourth-order valence-corrected chi connectivity index (χ4v) is 3.41. The van der Waals surface area contributed by atoms with Gasteiger partial charge in [-0.15, -0.1) is 0 Å². The Kier molecular flexibility index (Phi) is 4.04. The summed E-state index contributed by atoms with van der Waals surface area (Å²) in [5.74, 6) is 0. The third-order valence-electron chi connectivity index (χ3n) is 4.42. The van der Waals surface area contributed by atoms with Gasteiger partial charge in [0.2, 0.25) is 0 Å². The second kappa shape index (κ2) is 5.64. The summed E-state index contributed by atoms with van der Waals surface area (Å²) < 4.78 is 13.7. The van der Waals surface area contributed by atoms with Crippen LogP contribution in [-0.4, -0.2) is 41.2 Å². The van der Waals surface area contributed by atoms with E-state index in [1.54, 1.807) is 4.68 Å². The maximum absolute atomic E-state index is 6.22. The Bertz CT molecular complexity index is 483. The first kappa shape index (κ1) is 14.3. The second-order valence-corrected chi connectivity index (χ2v) is 6.22. The number of ether oxygens (including phenoxy) is 2. The van der Waals surface area contributed by atoms with Crippen molar-refractivity contribution in [2.24, 2.45) is 7.05 Å². The molecule has 0 amide bonds. The van der Waals surface area contributed by atoms with Crippen LogP contribution in [0.4, 0.5) is 0 Å². The lowest BCUT2D eigenvalue weighted by atomic mass is 9.89. The summed E-state index contributed by atoms with van der Waals surface area (Å²) in [6, 6.07) is 0. The van der Waals surface area contributed by atoms with Crippen LogP contribution < -0.4 is 5.32 Å². The van der Waals surface area contributed by atoms with Gasteiger partial charge >= 0.3 is 0 Å². The van der Waals surface area contributed by atoms with Gasteiger partial charge in [-0.3, -0.25) is 4.68 Å². The second-order valence-electron chi connectivity index (χ2n) is 5.86. The lowest BCUT2D eigenvalue weighted by molar-refractivity contribution is -0.0241. The van der Waals surface area contributed by atoms with Crippen molar-refractivity contribution in [2.45, 2.75) is 44.5 Å². The van der Waals surface area contributed by atoms with Crippen LogP contribution in [0.15, 0.2) is 0 Å². The number of piperidine rings is 1. The molecule has 2 aliphatic heterocycles. The minimum atomic E-state index is 0.0453. The highest BCUT2D eigenvalue weighted by atomic mass is 35.5. The van der Waals surface area contributed by atoms with Crippen molar-refractivity contribution in [1.29, 1.82) is 0 Å². The minimum Gasteiger partial charge on any atom is -0.372 e. The summed E-state index contributed by atoms with van der Waals surface area (Å²) in [5.41, 5.74) is 1.97. The van der Waals surface area contributed by atoms with Crippen molar-refractivity contribution in [2.75, 3.05) is 19.7 Å². The fraction of sp³-hybridized carbons (Fsp3) is 0.786. The summed E-state index contributed by atoms with van der Waals surface area (Å²) in [4.78, 5) is 0. The quantitative estimate of drug-likeness (QED) is 0.925. The van der Waals surface area contributed by atoms with E-state index in [4.69, 9.17) is 21.1 Å². The summed E-state index contributed by atoms with van der Waals surface area (Å²) in [6.45, 7) is 5.25. The van der Waals surface area contributed by atoms with Crippen molar-refractivity contribution in [3.8, 4) is 0 Å². The topological polar surface area (TPSA) is 48.3 Å². The number of hydrogen-bond acceptors (Lipinski definition) is 4. The average Bonchev–Trinajstić information content (AvgIpc) is 2.92. The lowest BCUT2D eigenvalue weighted by Crippen LogP contribution is -2.41. The van der Waals surface area contributed by atoms with E-state index in [9.17, 15) is 0 Å². The van der Waals surface area contributed by atoms with E-state index in [0.29, 0.717) is 18.4 Å². The Hall–Kier alpha value is -0.620. The van der Waals surface area contributed by atoms with Gasteiger partial charge in [-0.2, -0.15) is 5.10 Å². The lowest BCUT2D eigenvalue weighted by Gasteiger charge is -2.32. The highest BCUT2D eigenvalue weighted by Crippen LogP contribution is 2.35. The van der Waals surface area contributed by atoms with Gasteiger partial charge in [-0.05, 0) is 32.9 Å². The van der Waals surface area contributed by atoms with Gasteiger partial charge in [0.15, 0.2) is 0 Å². The van der Waals surface area contributed by atoms with E-state index >= 15 is 0 Å². The molecule has 0 aliphatic carbocycles. The van der Waals surface area contributed by atoms with Gasteiger partial charge in [-0.1, -0.05) is 11.6 Å². The molecule has 5 nitrogen and oxygen atoms in total. The maximum atomic E-state index is 6.22. The highest BCUT2D eigenvalue weighted by molar-refractivity contribution is 6.30. The summed E-state index contributed by atoms with van der Waals surface area (Å²) >= 11 is 6.22. The first-order valence-corrected chi connectivity index (χ1v) is 7.62. The van der Waals surface area contributed by atoms with Crippen molar-refractivity contribution in [1.82, 2.24) is 15.1 Å². The van der Waals surface area contributed by atoms with E-state index in [1.165, 1.54) is 0 Å². The molecule has 0 saturated carbocycles. The molecule has 2 fully saturated rings. The Balaban J connectivity index is 1.57. The third kappa shape index (κ3) is 2.72. The molecule has 0 bridgehead atoms. The van der Waals surface area contributed by atoms with Crippen molar-refractivity contribution < 1.29 is 9.47 Å². The van der Waals surface area contributed by atoms with Crippen LogP contribution in [0.5, 0.6) is 0 Å². The molecule has 3 heterocycles. The zero-order valence-corrected chi connectivity index (χ0v) is 12.9. The van der Waals surface area contributed by atoms with E-state index in [-0.39, 0.29) is 11.7 Å². The van der Waals surface area contributed by atoms with Crippen LogP contribution >= 0.6 is 11.6 Å². The summed E-state index contributed by atoms with van der Waals surface area (Å²) in [6.07, 6.45) is 3.33. The monoisotopic (exact) mass is 299 g/mol. The molecule has 2 aliphatic rings. The van der Waals surface area contributed by atoms with Gasteiger partial charge in [0.1, 0.15) is 5.15 Å². The zero-order chi connectivity index (χ0) is 14.2. The van der Waals surface area contributed by atoms with E-state index in [1.807, 2.05) is 14.0 Å². The Labute approximate surface area is 124 Å². The SMILES string of the molecule is Cc1nn(C)c(Cl)c1COC1COC2(CCNCC2)C1. The highest BCUT2D eigenvalue weighted by Gasteiger charge is 2.41. The first-order chi connectivity index (χ1) is 9.60. The van der Waals surface area contributed by atoms with Crippen LogP contribution in [0.25, 0.3) is 0 Å². The number of halogens is 1.